The number of aromatic nitrogens is 4. The lowest BCUT2D eigenvalue weighted by molar-refractivity contribution is 0.0790. The number of nitrogens with zero attached hydrogens (tertiary/aromatic N) is 5. The van der Waals surface area contributed by atoms with Gasteiger partial charge in [-0.1, -0.05) is 18.2 Å². The minimum atomic E-state index is 0.0758. The molecule has 138 valence electrons. The number of likely N-dealkylation sites (tertiary alicyclic amines) is 1. The van der Waals surface area contributed by atoms with Crippen molar-refractivity contribution in [2.75, 3.05) is 13.1 Å². The van der Waals surface area contributed by atoms with E-state index >= 15 is 0 Å². The summed E-state index contributed by atoms with van der Waals surface area (Å²) in [6.45, 7) is 1.39. The predicted octanol–water partition coefficient (Wildman–Crippen LogP) is 3.42. The molecular formula is C22H19N5O. The second kappa shape index (κ2) is 6.88. The van der Waals surface area contributed by atoms with Crippen molar-refractivity contribution in [1.29, 1.82) is 0 Å². The lowest BCUT2D eigenvalue weighted by Crippen LogP contribution is -2.28. The van der Waals surface area contributed by atoms with Gasteiger partial charge in [-0.05, 0) is 48.4 Å². The van der Waals surface area contributed by atoms with Crippen molar-refractivity contribution in [2.24, 2.45) is 0 Å². The molecule has 5 rings (SSSR count). The summed E-state index contributed by atoms with van der Waals surface area (Å²) in [4.78, 5) is 23.3. The van der Waals surface area contributed by atoms with Crippen LogP contribution in [-0.4, -0.2) is 43.5 Å². The van der Waals surface area contributed by atoms with Gasteiger partial charge in [-0.2, -0.15) is 5.10 Å². The van der Waals surface area contributed by atoms with Crippen LogP contribution in [-0.2, 0) is 0 Å². The van der Waals surface area contributed by atoms with E-state index in [1.165, 1.54) is 0 Å². The molecule has 0 aliphatic carbocycles. The Hall–Kier alpha value is -3.54. The molecule has 6 heteroatoms. The van der Waals surface area contributed by atoms with Crippen LogP contribution in [0.1, 0.15) is 28.5 Å². The summed E-state index contributed by atoms with van der Waals surface area (Å²) < 4.78 is 1.83. The number of pyridine rings is 2. The van der Waals surface area contributed by atoms with Crippen molar-refractivity contribution in [1.82, 2.24) is 24.5 Å². The van der Waals surface area contributed by atoms with Gasteiger partial charge in [0.1, 0.15) is 0 Å². The number of rotatable bonds is 3. The highest BCUT2D eigenvalue weighted by Gasteiger charge is 2.30. The molecule has 4 aromatic rings. The maximum Gasteiger partial charge on any atom is 0.253 e. The molecule has 0 saturated carbocycles. The van der Waals surface area contributed by atoms with Crippen LogP contribution in [0, 0.1) is 0 Å². The normalized spacial score (nSPS) is 16.6. The van der Waals surface area contributed by atoms with Crippen LogP contribution in [0.4, 0.5) is 0 Å². The van der Waals surface area contributed by atoms with Crippen LogP contribution in [0.2, 0.25) is 0 Å². The summed E-state index contributed by atoms with van der Waals surface area (Å²) in [5.74, 6) is 1.04. The predicted molar refractivity (Wildman–Crippen MR) is 106 cm³/mol. The zero-order chi connectivity index (χ0) is 18.9. The number of amides is 1. The van der Waals surface area contributed by atoms with Gasteiger partial charge in [0.25, 0.3) is 5.91 Å². The smallest absolute Gasteiger partial charge is 0.253 e. The van der Waals surface area contributed by atoms with Gasteiger partial charge < -0.3 is 4.90 Å². The van der Waals surface area contributed by atoms with E-state index in [4.69, 9.17) is 10.1 Å². The Labute approximate surface area is 162 Å². The van der Waals surface area contributed by atoms with Gasteiger partial charge in [-0.15, -0.1) is 0 Å². The van der Waals surface area contributed by atoms with Crippen molar-refractivity contribution >= 4 is 11.6 Å². The molecule has 4 heterocycles. The molecule has 6 nitrogen and oxygen atoms in total. The first-order valence-corrected chi connectivity index (χ1v) is 9.39. The van der Waals surface area contributed by atoms with E-state index in [9.17, 15) is 4.79 Å². The number of fused-ring (bicyclic) bond motifs is 1. The van der Waals surface area contributed by atoms with Gasteiger partial charge in [0, 0.05) is 48.7 Å². The number of benzene rings is 1. The van der Waals surface area contributed by atoms with Crippen molar-refractivity contribution in [3.05, 3.63) is 84.6 Å². The van der Waals surface area contributed by atoms with Crippen molar-refractivity contribution in [3.63, 3.8) is 0 Å². The first kappa shape index (κ1) is 16.6. The van der Waals surface area contributed by atoms with Gasteiger partial charge in [-0.3, -0.25) is 9.78 Å². The topological polar surface area (TPSA) is 63.4 Å². The second-order valence-electron chi connectivity index (χ2n) is 7.03. The Kier molecular flexibility index (Phi) is 4.09. The van der Waals surface area contributed by atoms with E-state index in [2.05, 4.69) is 4.98 Å². The molecule has 1 aliphatic rings. The van der Waals surface area contributed by atoms with Gasteiger partial charge in [0.2, 0.25) is 0 Å². The fourth-order valence-corrected chi connectivity index (χ4v) is 3.71. The zero-order valence-corrected chi connectivity index (χ0v) is 15.3. The standard InChI is InChI=1S/C22H19N5O/c28-22(17-4-2-1-3-5-17)26-13-10-19(14-26)21-24-20-7-6-18(15-27(20)25-21)16-8-11-23-12-9-16/h1-9,11-12,15,19H,10,13-14H2/t19-/m0/s1. The summed E-state index contributed by atoms with van der Waals surface area (Å²) in [5.41, 5.74) is 3.71. The lowest BCUT2D eigenvalue weighted by atomic mass is 10.1. The number of hydrogen-bond acceptors (Lipinski definition) is 4. The van der Waals surface area contributed by atoms with E-state index < -0.39 is 0 Å². The maximum atomic E-state index is 12.7. The minimum Gasteiger partial charge on any atom is -0.338 e. The fraction of sp³-hybridized carbons (Fsp3) is 0.182. The number of carbonyl (C=O) groups excluding carboxylic acids is 1. The average Bonchev–Trinajstić information content (AvgIpc) is 3.41. The fourth-order valence-electron chi connectivity index (χ4n) is 3.71. The summed E-state index contributed by atoms with van der Waals surface area (Å²) in [6.07, 6.45) is 6.43. The summed E-state index contributed by atoms with van der Waals surface area (Å²) in [5, 5.41) is 4.70. The first-order chi connectivity index (χ1) is 13.8. The molecule has 28 heavy (non-hydrogen) atoms. The summed E-state index contributed by atoms with van der Waals surface area (Å²) in [6, 6.07) is 17.4. The van der Waals surface area contributed by atoms with Gasteiger partial charge in [0.05, 0.1) is 0 Å². The molecule has 1 aliphatic heterocycles. The van der Waals surface area contributed by atoms with Gasteiger partial charge in [-0.25, -0.2) is 9.50 Å². The molecule has 1 aromatic carbocycles. The SMILES string of the molecule is O=C(c1ccccc1)N1CC[C@H](c2nc3ccc(-c4ccncc4)cn3n2)C1. The molecule has 0 radical (unpaired) electrons. The highest BCUT2D eigenvalue weighted by molar-refractivity contribution is 5.94. The molecule has 0 bridgehead atoms. The van der Waals surface area contributed by atoms with E-state index in [1.54, 1.807) is 12.4 Å². The van der Waals surface area contributed by atoms with Crippen LogP contribution >= 0.6 is 0 Å². The van der Waals surface area contributed by atoms with Crippen molar-refractivity contribution in [3.8, 4) is 11.1 Å². The highest BCUT2D eigenvalue weighted by atomic mass is 16.2. The zero-order valence-electron chi connectivity index (χ0n) is 15.3. The maximum absolute atomic E-state index is 12.7. The summed E-state index contributed by atoms with van der Waals surface area (Å²) >= 11 is 0. The molecule has 1 saturated heterocycles. The molecule has 0 unspecified atom stereocenters. The molecular weight excluding hydrogens is 350 g/mol. The van der Waals surface area contributed by atoms with Crippen LogP contribution in [0.15, 0.2) is 73.2 Å². The first-order valence-electron chi connectivity index (χ1n) is 9.39. The monoisotopic (exact) mass is 369 g/mol. The average molecular weight is 369 g/mol. The second-order valence-corrected chi connectivity index (χ2v) is 7.03. The van der Waals surface area contributed by atoms with Crippen LogP contribution in [0.3, 0.4) is 0 Å². The minimum absolute atomic E-state index is 0.0758. The van der Waals surface area contributed by atoms with Crippen LogP contribution < -0.4 is 0 Å². The van der Waals surface area contributed by atoms with Gasteiger partial charge in [0.15, 0.2) is 11.5 Å². The molecule has 0 spiro atoms. The summed E-state index contributed by atoms with van der Waals surface area (Å²) in [7, 11) is 0. The third kappa shape index (κ3) is 3.03. The molecule has 1 fully saturated rings. The van der Waals surface area contributed by atoms with Crippen LogP contribution in [0.5, 0.6) is 0 Å². The highest BCUT2D eigenvalue weighted by Crippen LogP contribution is 2.27. The molecule has 1 atom stereocenters. The molecule has 0 N–H and O–H groups in total. The van der Waals surface area contributed by atoms with Crippen LogP contribution in [0.25, 0.3) is 16.8 Å². The third-order valence-electron chi connectivity index (χ3n) is 5.22. The van der Waals surface area contributed by atoms with E-state index in [0.29, 0.717) is 6.54 Å². The van der Waals surface area contributed by atoms with E-state index in [0.717, 1.165) is 41.1 Å². The van der Waals surface area contributed by atoms with Gasteiger partial charge >= 0.3 is 0 Å². The largest absolute Gasteiger partial charge is 0.338 e. The number of carbonyl (C=O) groups is 1. The quantitative estimate of drug-likeness (QED) is 0.555. The molecule has 1 amide bonds. The Bertz CT molecular complexity index is 1120. The van der Waals surface area contributed by atoms with E-state index in [1.807, 2.05) is 70.2 Å². The lowest BCUT2D eigenvalue weighted by Gasteiger charge is -2.15. The third-order valence-corrected chi connectivity index (χ3v) is 5.22. The Morgan fingerprint density at radius 2 is 1.79 bits per heavy atom. The Morgan fingerprint density at radius 3 is 2.61 bits per heavy atom. The number of hydrogen-bond donors (Lipinski definition) is 0. The Balaban J connectivity index is 1.37. The Morgan fingerprint density at radius 1 is 0.964 bits per heavy atom. The van der Waals surface area contributed by atoms with Crippen molar-refractivity contribution < 1.29 is 4.79 Å². The molecule has 3 aromatic heterocycles. The van der Waals surface area contributed by atoms with E-state index in [-0.39, 0.29) is 11.8 Å². The van der Waals surface area contributed by atoms with Crippen molar-refractivity contribution in [2.45, 2.75) is 12.3 Å².